The number of amides is 1. The van der Waals surface area contributed by atoms with Gasteiger partial charge in [-0.3, -0.25) is 10.1 Å². The van der Waals surface area contributed by atoms with E-state index in [2.05, 4.69) is 21.1 Å². The van der Waals surface area contributed by atoms with E-state index in [1.54, 1.807) is 0 Å². The molecule has 0 aliphatic heterocycles. The third-order valence-electron chi connectivity index (χ3n) is 3.58. The molecule has 1 aromatic carbocycles. The molecule has 1 aromatic heterocycles. The lowest BCUT2D eigenvalue weighted by molar-refractivity contribution is -0.118. The fraction of sp³-hybridized carbons (Fsp3) is 0.312. The topological polar surface area (TPSA) is 77.5 Å². The van der Waals surface area contributed by atoms with E-state index >= 15 is 0 Å². The summed E-state index contributed by atoms with van der Waals surface area (Å²) in [7, 11) is 1.30. The second-order valence-corrected chi connectivity index (χ2v) is 6.17. The number of esters is 1. The molecule has 7 heteroatoms. The lowest BCUT2D eigenvalue weighted by Crippen LogP contribution is -2.20. The van der Waals surface area contributed by atoms with Crippen LogP contribution >= 0.6 is 11.3 Å². The summed E-state index contributed by atoms with van der Waals surface area (Å²) in [6, 6.07) is 5.93. The molecule has 0 unspecified atom stereocenters. The second-order valence-electron chi connectivity index (χ2n) is 5.14. The van der Waals surface area contributed by atoms with E-state index < -0.39 is 5.97 Å². The number of aryl methyl sites for hydroxylation is 2. The van der Waals surface area contributed by atoms with Crippen molar-refractivity contribution in [2.24, 2.45) is 0 Å². The summed E-state index contributed by atoms with van der Waals surface area (Å²) in [5, 5.41) is 2.94. The van der Waals surface area contributed by atoms with Crippen molar-refractivity contribution in [1.29, 1.82) is 0 Å². The van der Waals surface area contributed by atoms with Gasteiger partial charge in [0.1, 0.15) is 10.6 Å². The van der Waals surface area contributed by atoms with Gasteiger partial charge in [-0.05, 0) is 42.5 Å². The molecule has 0 saturated heterocycles. The van der Waals surface area contributed by atoms with Crippen molar-refractivity contribution in [3.05, 3.63) is 40.4 Å². The molecular weight excluding hydrogens is 316 g/mol. The number of hydrogen-bond donors (Lipinski definition) is 1. The summed E-state index contributed by atoms with van der Waals surface area (Å²) in [5.41, 5.74) is 2.66. The van der Waals surface area contributed by atoms with Gasteiger partial charge in [0, 0.05) is 0 Å². The number of methoxy groups -OCH3 is 1. The largest absolute Gasteiger partial charge is 0.484 e. The summed E-state index contributed by atoms with van der Waals surface area (Å²) >= 11 is 1.06. The highest BCUT2D eigenvalue weighted by Gasteiger charge is 2.14. The van der Waals surface area contributed by atoms with E-state index in [0.717, 1.165) is 24.2 Å². The molecule has 2 aromatic rings. The summed E-state index contributed by atoms with van der Waals surface area (Å²) in [4.78, 5) is 27.5. The fourth-order valence-corrected chi connectivity index (χ4v) is 3.22. The van der Waals surface area contributed by atoms with E-state index in [-0.39, 0.29) is 12.5 Å². The summed E-state index contributed by atoms with van der Waals surface area (Å²) in [6.45, 7) is -0.105. The lowest BCUT2D eigenvalue weighted by atomic mass is 10.1. The Hall–Kier alpha value is -2.41. The number of benzene rings is 1. The predicted molar refractivity (Wildman–Crippen MR) is 86.0 cm³/mol. The Bertz CT molecular complexity index is 741. The zero-order valence-electron chi connectivity index (χ0n) is 12.6. The highest BCUT2D eigenvalue weighted by Crippen LogP contribution is 2.26. The summed E-state index contributed by atoms with van der Waals surface area (Å²) in [5.74, 6) is -0.108. The maximum absolute atomic E-state index is 11.9. The van der Waals surface area contributed by atoms with Crippen LogP contribution in [0.5, 0.6) is 5.75 Å². The zero-order valence-corrected chi connectivity index (χ0v) is 13.4. The summed E-state index contributed by atoms with van der Waals surface area (Å²) < 4.78 is 10.1. The number of ether oxygens (including phenoxy) is 2. The number of carbonyl (C=O) groups excluding carboxylic acids is 2. The molecule has 3 rings (SSSR count). The van der Waals surface area contributed by atoms with E-state index in [9.17, 15) is 9.59 Å². The number of fused-ring (bicyclic) bond motifs is 1. The Labute approximate surface area is 137 Å². The van der Waals surface area contributed by atoms with E-state index in [1.165, 1.54) is 30.9 Å². The normalized spacial score (nSPS) is 12.6. The van der Waals surface area contributed by atoms with Crippen LogP contribution in [0.4, 0.5) is 5.13 Å². The molecule has 1 N–H and O–H groups in total. The highest BCUT2D eigenvalue weighted by molar-refractivity contribution is 7.17. The van der Waals surface area contributed by atoms with Crippen LogP contribution < -0.4 is 10.1 Å². The first kappa shape index (κ1) is 15.5. The molecule has 0 radical (unpaired) electrons. The first-order chi connectivity index (χ1) is 11.2. The van der Waals surface area contributed by atoms with Crippen LogP contribution in [0.1, 0.15) is 27.2 Å². The van der Waals surface area contributed by atoms with Crippen LogP contribution in [0.3, 0.4) is 0 Å². The first-order valence-corrected chi connectivity index (χ1v) is 8.06. The number of carbonyl (C=O) groups is 2. The minimum Gasteiger partial charge on any atom is -0.484 e. The van der Waals surface area contributed by atoms with Crippen molar-refractivity contribution in [2.75, 3.05) is 19.0 Å². The van der Waals surface area contributed by atoms with Crippen molar-refractivity contribution >= 4 is 28.3 Å². The lowest BCUT2D eigenvalue weighted by Gasteiger charge is -2.07. The van der Waals surface area contributed by atoms with Gasteiger partial charge >= 0.3 is 5.97 Å². The second kappa shape index (κ2) is 6.78. The third-order valence-corrected chi connectivity index (χ3v) is 4.47. The number of hydrogen-bond acceptors (Lipinski definition) is 6. The third kappa shape index (κ3) is 3.68. The summed E-state index contributed by atoms with van der Waals surface area (Å²) in [6.07, 6.45) is 4.72. The van der Waals surface area contributed by atoms with Gasteiger partial charge < -0.3 is 9.47 Å². The quantitative estimate of drug-likeness (QED) is 0.851. The number of aromatic nitrogens is 1. The van der Waals surface area contributed by atoms with Gasteiger partial charge in [0.2, 0.25) is 0 Å². The van der Waals surface area contributed by atoms with Crippen LogP contribution in [0, 0.1) is 0 Å². The average Bonchev–Trinajstić information content (AvgIpc) is 3.20. The Morgan fingerprint density at radius 3 is 2.96 bits per heavy atom. The molecule has 0 atom stereocenters. The zero-order chi connectivity index (χ0) is 16.2. The number of nitrogens with zero attached hydrogens (tertiary/aromatic N) is 1. The Morgan fingerprint density at radius 1 is 1.30 bits per heavy atom. The van der Waals surface area contributed by atoms with Crippen LogP contribution in [0.2, 0.25) is 0 Å². The van der Waals surface area contributed by atoms with E-state index in [1.807, 2.05) is 12.1 Å². The molecule has 6 nitrogen and oxygen atoms in total. The van der Waals surface area contributed by atoms with Gasteiger partial charge in [0.25, 0.3) is 5.91 Å². The standard InChI is InChI=1S/C16H16N2O4S/c1-21-15(20)13-8-17-16(23-13)18-14(19)9-22-12-6-5-10-3-2-4-11(10)7-12/h5-8H,2-4,9H2,1H3,(H,17,18,19). The van der Waals surface area contributed by atoms with Crippen LogP contribution in [-0.4, -0.2) is 30.6 Å². The Kier molecular flexibility index (Phi) is 4.57. The smallest absolute Gasteiger partial charge is 0.349 e. The van der Waals surface area contributed by atoms with Gasteiger partial charge in [-0.1, -0.05) is 17.4 Å². The van der Waals surface area contributed by atoms with Gasteiger partial charge in [-0.25, -0.2) is 9.78 Å². The van der Waals surface area contributed by atoms with E-state index in [0.29, 0.717) is 15.8 Å². The molecule has 0 fully saturated rings. The maximum Gasteiger partial charge on any atom is 0.349 e. The van der Waals surface area contributed by atoms with Crippen molar-refractivity contribution in [3.8, 4) is 5.75 Å². The minimum absolute atomic E-state index is 0.105. The van der Waals surface area contributed by atoms with E-state index in [4.69, 9.17) is 4.74 Å². The molecule has 1 aliphatic rings. The highest BCUT2D eigenvalue weighted by atomic mass is 32.1. The molecule has 1 amide bonds. The number of nitrogens with one attached hydrogen (secondary N) is 1. The average molecular weight is 332 g/mol. The molecule has 0 spiro atoms. The van der Waals surface area contributed by atoms with Crippen molar-refractivity contribution in [3.63, 3.8) is 0 Å². The number of thiazole rings is 1. The Balaban J connectivity index is 1.53. The minimum atomic E-state index is -0.475. The predicted octanol–water partition coefficient (Wildman–Crippen LogP) is 2.44. The maximum atomic E-state index is 11.9. The van der Waals surface area contributed by atoms with Gasteiger partial charge in [-0.2, -0.15) is 0 Å². The molecular formula is C16H16N2O4S. The molecule has 120 valence electrons. The van der Waals surface area contributed by atoms with Crippen molar-refractivity contribution < 1.29 is 19.1 Å². The molecule has 1 heterocycles. The molecule has 1 aliphatic carbocycles. The van der Waals surface area contributed by atoms with Gasteiger partial charge in [-0.15, -0.1) is 0 Å². The molecule has 0 bridgehead atoms. The monoisotopic (exact) mass is 332 g/mol. The van der Waals surface area contributed by atoms with Gasteiger partial charge in [0.15, 0.2) is 11.7 Å². The van der Waals surface area contributed by atoms with Crippen LogP contribution in [-0.2, 0) is 22.4 Å². The van der Waals surface area contributed by atoms with Crippen molar-refractivity contribution in [1.82, 2.24) is 4.98 Å². The number of rotatable bonds is 5. The molecule has 0 saturated carbocycles. The van der Waals surface area contributed by atoms with Crippen molar-refractivity contribution in [2.45, 2.75) is 19.3 Å². The number of anilines is 1. The van der Waals surface area contributed by atoms with Crippen LogP contribution in [0.25, 0.3) is 0 Å². The SMILES string of the molecule is COC(=O)c1cnc(NC(=O)COc2ccc3c(c2)CCC3)s1. The molecule has 23 heavy (non-hydrogen) atoms. The fourth-order valence-electron chi connectivity index (χ4n) is 2.47. The first-order valence-electron chi connectivity index (χ1n) is 7.24. The Morgan fingerprint density at radius 2 is 2.13 bits per heavy atom. The van der Waals surface area contributed by atoms with Gasteiger partial charge in [0.05, 0.1) is 13.3 Å². The van der Waals surface area contributed by atoms with Crippen LogP contribution in [0.15, 0.2) is 24.4 Å².